The molecule has 1 saturated heterocycles. The molecule has 258 valence electrons. The van der Waals surface area contributed by atoms with Crippen molar-refractivity contribution in [1.29, 1.82) is 0 Å². The molecule has 0 spiro atoms. The highest BCUT2D eigenvalue weighted by molar-refractivity contribution is 5.85. The molecule has 4 aliphatic carbocycles. The van der Waals surface area contributed by atoms with Crippen LogP contribution >= 0.6 is 0 Å². The fourth-order valence-corrected chi connectivity index (χ4v) is 8.02. The van der Waals surface area contributed by atoms with Gasteiger partial charge in [0.05, 0.1) is 21.8 Å². The van der Waals surface area contributed by atoms with E-state index in [1.54, 1.807) is 34.6 Å². The minimum Gasteiger partial charge on any atom is -0.460 e. The van der Waals surface area contributed by atoms with Gasteiger partial charge in [0.15, 0.2) is 0 Å². The Balaban J connectivity index is 0.00000462. The molecule has 9 heteroatoms. The van der Waals surface area contributed by atoms with Gasteiger partial charge < -0.3 is 24.1 Å². The van der Waals surface area contributed by atoms with Crippen molar-refractivity contribution in [3.63, 3.8) is 0 Å². The summed E-state index contributed by atoms with van der Waals surface area (Å²) in [6.07, 6.45) is 2.57. The van der Waals surface area contributed by atoms with Crippen LogP contribution in [0, 0.1) is 22.2 Å². The zero-order valence-corrected chi connectivity index (χ0v) is 25.7. The van der Waals surface area contributed by atoms with Gasteiger partial charge in [-0.25, -0.2) is 4.79 Å². The molecule has 5 rings (SSSR count). The molecule has 5 aliphatic rings. The van der Waals surface area contributed by atoms with E-state index in [4.69, 9.17) is 18.9 Å². The van der Waals surface area contributed by atoms with E-state index >= 15 is 0 Å². The van der Waals surface area contributed by atoms with E-state index in [0.717, 1.165) is 0 Å². The number of carbonyl (C=O) groups excluding carboxylic acids is 4. The molecule has 1 N–H and O–H groups in total. The van der Waals surface area contributed by atoms with Crippen LogP contribution in [0.4, 0.5) is 0 Å². The Morgan fingerprint density at radius 2 is 1.48 bits per heavy atom. The van der Waals surface area contributed by atoms with Gasteiger partial charge in [0.25, 0.3) is 0 Å². The number of hydrogen-bond donors (Lipinski definition) is 1. The molecule has 4 saturated carbocycles. The fraction of sp³-hybridized carbons (Fsp3) is 0.886. The Hall–Kier alpha value is -2.16. The summed E-state index contributed by atoms with van der Waals surface area (Å²) >= 11 is 0. The van der Waals surface area contributed by atoms with Crippen molar-refractivity contribution in [2.45, 2.75) is 178 Å². The van der Waals surface area contributed by atoms with E-state index in [1.807, 2.05) is 27.7 Å². The summed E-state index contributed by atoms with van der Waals surface area (Å²) in [6.45, 7) is 16.1. The molecule has 1 heterocycles. The zero-order valence-electron chi connectivity index (χ0n) is 25.7. The second-order valence-electron chi connectivity index (χ2n) is 15.8. The monoisotopic (exact) mass is 628 g/mol. The number of aliphatic hydroxyl groups is 1. The van der Waals surface area contributed by atoms with E-state index < -0.39 is 62.7 Å². The summed E-state index contributed by atoms with van der Waals surface area (Å²) in [5, 5.41) is 11.5. The van der Waals surface area contributed by atoms with Crippen molar-refractivity contribution in [1.82, 2.24) is 0 Å². The van der Waals surface area contributed by atoms with Gasteiger partial charge in [-0.3, -0.25) is 14.4 Å². The average molecular weight is 629 g/mol. The Labute approximate surface area is 267 Å². The molecule has 6 unspecified atom stereocenters. The van der Waals surface area contributed by atoms with Gasteiger partial charge in [-0.15, -0.1) is 0 Å². The van der Waals surface area contributed by atoms with E-state index in [1.165, 1.54) is 0 Å². The van der Waals surface area contributed by atoms with Gasteiger partial charge >= 0.3 is 23.9 Å². The molecule has 6 atom stereocenters. The molecule has 0 aromatic carbocycles. The van der Waals surface area contributed by atoms with E-state index in [2.05, 4.69) is 0 Å². The summed E-state index contributed by atoms with van der Waals surface area (Å²) in [6, 6.07) is 0. The van der Waals surface area contributed by atoms with Gasteiger partial charge in [0.2, 0.25) is 6.10 Å². The van der Waals surface area contributed by atoms with Gasteiger partial charge in [-0.2, -0.15) is 0 Å². The van der Waals surface area contributed by atoms with Gasteiger partial charge in [0.1, 0.15) is 16.8 Å². The van der Waals surface area contributed by atoms with Crippen LogP contribution in [-0.2, 0) is 38.1 Å². The molecule has 1 aliphatic heterocycles. The minimum absolute atomic E-state index is 0. The lowest BCUT2D eigenvalue weighted by molar-refractivity contribution is -0.254. The number of cyclic esters (lactones) is 1. The molecule has 0 aromatic rings. The first-order valence-corrected chi connectivity index (χ1v) is 14.7. The molecule has 44 heavy (non-hydrogen) atoms. The van der Waals surface area contributed by atoms with Crippen molar-refractivity contribution in [3.05, 3.63) is 0 Å². The second-order valence-corrected chi connectivity index (χ2v) is 15.8. The van der Waals surface area contributed by atoms with Crippen LogP contribution in [-0.4, -0.2) is 57.5 Å². The largest absolute Gasteiger partial charge is 0.460 e. The normalized spacial score (nSPS) is 32.7. The van der Waals surface area contributed by atoms with E-state index in [9.17, 15) is 24.3 Å². The third kappa shape index (κ3) is 8.16. The molecule has 0 aromatic heterocycles. The standard InChI is InChI=1S/C31H48O9.4CH4/c1-10-28(9,15-26(5,6)22(33)37-20-14-27(7,8)38-21(20)32)23(34)40-31-13-19-11-29(17-31,16-30(36,12-19)18-31)24(35)39-25(2,3)4;;;;/h19-20,36H,10-18H2,1-9H3;4*1H4. The van der Waals surface area contributed by atoms with Crippen LogP contribution in [0.2, 0.25) is 0 Å². The van der Waals surface area contributed by atoms with Gasteiger partial charge in [-0.1, -0.05) is 36.6 Å². The number of rotatable bonds is 8. The van der Waals surface area contributed by atoms with Crippen LogP contribution in [0.5, 0.6) is 0 Å². The second kappa shape index (κ2) is 12.9. The fourth-order valence-electron chi connectivity index (χ4n) is 8.02. The first kappa shape index (κ1) is 41.8. The van der Waals surface area contributed by atoms with Gasteiger partial charge in [-0.05, 0) is 99.8 Å². The first-order valence-electron chi connectivity index (χ1n) is 14.7. The van der Waals surface area contributed by atoms with Crippen LogP contribution < -0.4 is 0 Å². The lowest BCUT2D eigenvalue weighted by Gasteiger charge is -2.63. The zero-order chi connectivity index (χ0) is 30.2. The molecule has 0 amide bonds. The Morgan fingerprint density at radius 1 is 0.886 bits per heavy atom. The third-order valence-corrected chi connectivity index (χ3v) is 9.35. The maximum atomic E-state index is 13.9. The predicted octanol–water partition coefficient (Wildman–Crippen LogP) is 7.34. The van der Waals surface area contributed by atoms with Crippen LogP contribution in [0.15, 0.2) is 0 Å². The minimum atomic E-state index is -1.09. The van der Waals surface area contributed by atoms with Gasteiger partial charge in [0, 0.05) is 19.3 Å². The SMILES string of the molecule is C.C.C.C.CCC(C)(CC(C)(C)C(=O)OC1CC(C)(C)OC1=O)C(=O)OC12CC3CC(O)(C1)CC(C(=O)OC(C)(C)C)(C3)C2. The number of ether oxygens (including phenoxy) is 4. The summed E-state index contributed by atoms with van der Waals surface area (Å²) in [4.78, 5) is 52.8. The number of carbonyl (C=O) groups is 4. The van der Waals surface area contributed by atoms with Crippen LogP contribution in [0.3, 0.4) is 0 Å². The third-order valence-electron chi connectivity index (χ3n) is 9.35. The Bertz CT molecular complexity index is 1090. The lowest BCUT2D eigenvalue weighted by atomic mass is 9.46. The summed E-state index contributed by atoms with van der Waals surface area (Å²) in [7, 11) is 0. The smallest absolute Gasteiger partial charge is 0.348 e. The molecule has 4 bridgehead atoms. The predicted molar refractivity (Wildman–Crippen MR) is 172 cm³/mol. The number of hydrogen-bond acceptors (Lipinski definition) is 9. The highest BCUT2D eigenvalue weighted by atomic mass is 16.6. The van der Waals surface area contributed by atoms with Crippen molar-refractivity contribution in [3.8, 4) is 0 Å². The molecular formula is C35H64O9. The quantitative estimate of drug-likeness (QED) is 0.217. The summed E-state index contributed by atoms with van der Waals surface area (Å²) in [5.74, 6) is -1.88. The highest BCUT2D eigenvalue weighted by Crippen LogP contribution is 2.65. The number of esters is 4. The van der Waals surface area contributed by atoms with Crippen molar-refractivity contribution < 1.29 is 43.2 Å². The molecule has 0 radical (unpaired) electrons. The molecular weight excluding hydrogens is 564 g/mol. The summed E-state index contributed by atoms with van der Waals surface area (Å²) in [5.41, 5.74) is -6.45. The van der Waals surface area contributed by atoms with Crippen molar-refractivity contribution >= 4 is 23.9 Å². The maximum absolute atomic E-state index is 13.9. The topological polar surface area (TPSA) is 125 Å². The van der Waals surface area contributed by atoms with Crippen LogP contribution in [0.25, 0.3) is 0 Å². The highest BCUT2D eigenvalue weighted by Gasteiger charge is 2.68. The van der Waals surface area contributed by atoms with Crippen molar-refractivity contribution in [2.24, 2.45) is 22.2 Å². The van der Waals surface area contributed by atoms with E-state index in [-0.39, 0.29) is 60.9 Å². The first-order chi connectivity index (χ1) is 18.0. The van der Waals surface area contributed by atoms with E-state index in [0.29, 0.717) is 38.5 Å². The van der Waals surface area contributed by atoms with Crippen molar-refractivity contribution in [2.75, 3.05) is 0 Å². The maximum Gasteiger partial charge on any atom is 0.348 e. The Kier molecular flexibility index (Phi) is 12.3. The lowest BCUT2D eigenvalue weighted by Crippen LogP contribution is -2.67. The molecule has 9 nitrogen and oxygen atoms in total. The molecule has 5 fully saturated rings. The van der Waals surface area contributed by atoms with Crippen LogP contribution in [0.1, 0.15) is 150 Å². The summed E-state index contributed by atoms with van der Waals surface area (Å²) < 4.78 is 23.0. The Morgan fingerprint density at radius 3 is 1.95 bits per heavy atom. The average Bonchev–Trinajstić information content (AvgIpc) is 3.00.